The summed E-state index contributed by atoms with van der Waals surface area (Å²) in [7, 11) is -3.84. The third-order valence-corrected chi connectivity index (χ3v) is 5.03. The molecule has 1 aromatic carbocycles. The SMILES string of the molecule is Cc1nc(CNS(=O)(=O)c2c(Cl)cccc2Cl)oc1C. The quantitative estimate of drug-likeness (QED) is 0.932. The molecule has 1 N–H and O–H groups in total. The van der Waals surface area contributed by atoms with Gasteiger partial charge in [0, 0.05) is 0 Å². The van der Waals surface area contributed by atoms with Crippen LogP contribution in [0.1, 0.15) is 17.3 Å². The van der Waals surface area contributed by atoms with E-state index in [1.807, 2.05) is 0 Å². The maximum atomic E-state index is 12.2. The first kappa shape index (κ1) is 15.3. The van der Waals surface area contributed by atoms with Gasteiger partial charge in [0.2, 0.25) is 15.9 Å². The zero-order valence-corrected chi connectivity index (χ0v) is 13.1. The van der Waals surface area contributed by atoms with Gasteiger partial charge in [0.1, 0.15) is 10.7 Å². The van der Waals surface area contributed by atoms with Gasteiger partial charge in [0.05, 0.1) is 22.3 Å². The van der Waals surface area contributed by atoms with Crippen LogP contribution < -0.4 is 4.72 Å². The van der Waals surface area contributed by atoms with Crippen LogP contribution >= 0.6 is 23.2 Å². The Labute approximate surface area is 127 Å². The van der Waals surface area contributed by atoms with Crippen molar-refractivity contribution in [2.45, 2.75) is 25.3 Å². The molecule has 1 heterocycles. The van der Waals surface area contributed by atoms with Gasteiger partial charge in [-0.05, 0) is 26.0 Å². The number of aryl methyl sites for hydroxylation is 2. The van der Waals surface area contributed by atoms with E-state index in [0.717, 1.165) is 5.69 Å². The molecule has 0 fully saturated rings. The Bertz CT molecular complexity index is 701. The van der Waals surface area contributed by atoms with Crippen molar-refractivity contribution >= 4 is 33.2 Å². The Hall–Kier alpha value is -1.08. The lowest BCUT2D eigenvalue weighted by Gasteiger charge is -2.08. The summed E-state index contributed by atoms with van der Waals surface area (Å²) in [5.74, 6) is 0.932. The van der Waals surface area contributed by atoms with Crippen LogP contribution in [0, 0.1) is 13.8 Å². The van der Waals surface area contributed by atoms with Gasteiger partial charge in [0.25, 0.3) is 0 Å². The molecule has 0 atom stereocenters. The number of nitrogens with one attached hydrogen (secondary N) is 1. The normalized spacial score (nSPS) is 11.8. The smallest absolute Gasteiger partial charge is 0.244 e. The molecule has 20 heavy (non-hydrogen) atoms. The number of sulfonamides is 1. The molecule has 0 saturated carbocycles. The standard InChI is InChI=1S/C12H12Cl2N2O3S/c1-7-8(2)19-11(16-7)6-15-20(17,18)12-9(13)4-3-5-10(12)14/h3-5,15H,6H2,1-2H3. The van der Waals surface area contributed by atoms with Gasteiger partial charge in [-0.3, -0.25) is 0 Å². The highest BCUT2D eigenvalue weighted by atomic mass is 35.5. The van der Waals surface area contributed by atoms with E-state index in [2.05, 4.69) is 9.71 Å². The largest absolute Gasteiger partial charge is 0.444 e. The zero-order chi connectivity index (χ0) is 14.9. The summed E-state index contributed by atoms with van der Waals surface area (Å²) in [6.07, 6.45) is 0. The maximum absolute atomic E-state index is 12.2. The topological polar surface area (TPSA) is 72.2 Å². The van der Waals surface area contributed by atoms with Crippen molar-refractivity contribution in [3.8, 4) is 0 Å². The van der Waals surface area contributed by atoms with Gasteiger partial charge < -0.3 is 4.42 Å². The Kier molecular flexibility index (Phi) is 4.39. The number of rotatable bonds is 4. The van der Waals surface area contributed by atoms with Gasteiger partial charge in [0.15, 0.2) is 0 Å². The van der Waals surface area contributed by atoms with E-state index in [1.54, 1.807) is 19.9 Å². The number of nitrogens with zero attached hydrogens (tertiary/aromatic N) is 1. The van der Waals surface area contributed by atoms with Crippen molar-refractivity contribution < 1.29 is 12.8 Å². The Morgan fingerprint density at radius 3 is 2.35 bits per heavy atom. The molecule has 1 aromatic heterocycles. The molecule has 2 aromatic rings. The molecule has 8 heteroatoms. The Morgan fingerprint density at radius 1 is 1.25 bits per heavy atom. The molecule has 0 aliphatic carbocycles. The van der Waals surface area contributed by atoms with Crippen molar-refractivity contribution in [2.24, 2.45) is 0 Å². The molecule has 0 saturated heterocycles. The first-order chi connectivity index (χ1) is 9.31. The highest BCUT2D eigenvalue weighted by molar-refractivity contribution is 7.89. The number of benzene rings is 1. The zero-order valence-electron chi connectivity index (χ0n) is 10.8. The fraction of sp³-hybridized carbons (Fsp3) is 0.250. The van der Waals surface area contributed by atoms with E-state index < -0.39 is 10.0 Å². The van der Waals surface area contributed by atoms with E-state index in [-0.39, 0.29) is 27.4 Å². The van der Waals surface area contributed by atoms with Gasteiger partial charge in [-0.25, -0.2) is 18.1 Å². The first-order valence-electron chi connectivity index (χ1n) is 5.68. The van der Waals surface area contributed by atoms with Crippen molar-refractivity contribution in [3.05, 3.63) is 45.6 Å². The molecule has 0 aliphatic rings. The number of oxazole rings is 1. The lowest BCUT2D eigenvalue weighted by Crippen LogP contribution is -2.24. The van der Waals surface area contributed by atoms with Gasteiger partial charge >= 0.3 is 0 Å². The van der Waals surface area contributed by atoms with Crippen LogP contribution in [-0.2, 0) is 16.6 Å². The van der Waals surface area contributed by atoms with E-state index in [4.69, 9.17) is 27.6 Å². The molecule has 0 amide bonds. The van der Waals surface area contributed by atoms with Crippen LogP contribution in [0.25, 0.3) is 0 Å². The van der Waals surface area contributed by atoms with Gasteiger partial charge in [-0.15, -0.1) is 0 Å². The second-order valence-corrected chi connectivity index (χ2v) is 6.64. The van der Waals surface area contributed by atoms with E-state index in [9.17, 15) is 8.42 Å². The highest BCUT2D eigenvalue weighted by Crippen LogP contribution is 2.28. The fourth-order valence-electron chi connectivity index (χ4n) is 1.58. The van der Waals surface area contributed by atoms with E-state index >= 15 is 0 Å². The first-order valence-corrected chi connectivity index (χ1v) is 7.92. The summed E-state index contributed by atoms with van der Waals surface area (Å²) in [6.45, 7) is 3.46. The van der Waals surface area contributed by atoms with E-state index in [0.29, 0.717) is 5.76 Å². The van der Waals surface area contributed by atoms with Gasteiger partial charge in [-0.2, -0.15) is 0 Å². The molecule has 0 aliphatic heterocycles. The predicted octanol–water partition coefficient (Wildman–Crippen LogP) is 3.08. The second kappa shape index (κ2) is 5.73. The monoisotopic (exact) mass is 334 g/mol. The van der Waals surface area contributed by atoms with Crippen LogP contribution in [0.5, 0.6) is 0 Å². The van der Waals surface area contributed by atoms with Crippen molar-refractivity contribution in [2.75, 3.05) is 0 Å². The molecule has 5 nitrogen and oxygen atoms in total. The lowest BCUT2D eigenvalue weighted by atomic mass is 10.4. The van der Waals surface area contributed by atoms with Crippen molar-refractivity contribution in [1.29, 1.82) is 0 Å². The summed E-state index contributed by atoms with van der Waals surface area (Å²) in [5, 5.41) is 0.120. The van der Waals surface area contributed by atoms with Crippen LogP contribution in [-0.4, -0.2) is 13.4 Å². The Morgan fingerprint density at radius 2 is 1.85 bits per heavy atom. The molecule has 0 radical (unpaired) electrons. The molecule has 0 unspecified atom stereocenters. The summed E-state index contributed by atoms with van der Waals surface area (Å²) in [4.78, 5) is 3.94. The number of aromatic nitrogens is 1. The van der Waals surface area contributed by atoms with Crippen LogP contribution in [0.2, 0.25) is 10.0 Å². The molecular weight excluding hydrogens is 323 g/mol. The molecule has 2 rings (SSSR count). The fourth-order valence-corrected chi connectivity index (χ4v) is 3.70. The van der Waals surface area contributed by atoms with Crippen molar-refractivity contribution in [3.63, 3.8) is 0 Å². The highest BCUT2D eigenvalue weighted by Gasteiger charge is 2.22. The third-order valence-electron chi connectivity index (χ3n) is 2.67. The number of hydrogen-bond donors (Lipinski definition) is 1. The van der Waals surface area contributed by atoms with E-state index in [1.165, 1.54) is 12.1 Å². The minimum Gasteiger partial charge on any atom is -0.444 e. The minimum absolute atomic E-state index is 0.0600. The Balaban J connectivity index is 2.24. The third kappa shape index (κ3) is 3.15. The maximum Gasteiger partial charge on any atom is 0.244 e. The summed E-state index contributed by atoms with van der Waals surface area (Å²) in [5.41, 5.74) is 0.718. The van der Waals surface area contributed by atoms with Crippen LogP contribution in [0.15, 0.2) is 27.5 Å². The second-order valence-electron chi connectivity index (χ2n) is 4.12. The van der Waals surface area contributed by atoms with Crippen LogP contribution in [0.3, 0.4) is 0 Å². The number of hydrogen-bond acceptors (Lipinski definition) is 4. The summed E-state index contributed by atoms with van der Waals surface area (Å²) in [6, 6.07) is 4.49. The lowest BCUT2D eigenvalue weighted by molar-refractivity contribution is 0.463. The van der Waals surface area contributed by atoms with Crippen LogP contribution in [0.4, 0.5) is 0 Å². The predicted molar refractivity (Wildman–Crippen MR) is 76.5 cm³/mol. The molecule has 0 spiro atoms. The minimum atomic E-state index is -3.84. The number of halogens is 2. The average Bonchev–Trinajstić information content (AvgIpc) is 2.66. The van der Waals surface area contributed by atoms with Crippen molar-refractivity contribution in [1.82, 2.24) is 9.71 Å². The molecule has 108 valence electrons. The average molecular weight is 335 g/mol. The summed E-state index contributed by atoms with van der Waals surface area (Å²) >= 11 is 11.8. The summed E-state index contributed by atoms with van der Waals surface area (Å²) < 4.78 is 32.0. The molecule has 0 bridgehead atoms. The molecular formula is C12H12Cl2N2O3S. The van der Waals surface area contributed by atoms with Gasteiger partial charge in [-0.1, -0.05) is 29.3 Å².